The second kappa shape index (κ2) is 4.33. The molecule has 2 N–H and O–H groups in total. The molecule has 2 unspecified atom stereocenters. The van der Waals surface area contributed by atoms with Crippen LogP contribution < -0.4 is 10.6 Å². The van der Waals surface area contributed by atoms with E-state index in [0.29, 0.717) is 6.04 Å². The number of hydrogen-bond acceptors (Lipinski definition) is 3. The predicted octanol–water partition coefficient (Wildman–Crippen LogP) is 3.36. The fourth-order valence-electron chi connectivity index (χ4n) is 2.41. The molecule has 92 valence electrons. The second-order valence-electron chi connectivity index (χ2n) is 4.81. The van der Waals surface area contributed by atoms with E-state index in [4.69, 9.17) is 0 Å². The molecule has 2 heterocycles. The quantitative estimate of drug-likeness (QED) is 0.801. The minimum absolute atomic E-state index is 0.281. The van der Waals surface area contributed by atoms with Crippen LogP contribution >= 0.6 is 0 Å². The number of aromatic nitrogens is 1. The van der Waals surface area contributed by atoms with Gasteiger partial charge in [0, 0.05) is 11.7 Å². The van der Waals surface area contributed by atoms with Gasteiger partial charge in [0.25, 0.3) is 0 Å². The summed E-state index contributed by atoms with van der Waals surface area (Å²) in [5.74, 6) is 0.953. The van der Waals surface area contributed by atoms with Gasteiger partial charge in [0.05, 0.1) is 11.7 Å². The molecule has 0 aliphatic carbocycles. The first-order valence-electron chi connectivity index (χ1n) is 6.30. The van der Waals surface area contributed by atoms with Crippen molar-refractivity contribution in [2.45, 2.75) is 25.9 Å². The zero-order chi connectivity index (χ0) is 12.5. The Morgan fingerprint density at radius 3 is 2.56 bits per heavy atom. The number of rotatable bonds is 1. The largest absolute Gasteiger partial charge is 0.373 e. The smallest absolute Gasteiger partial charge is 0.149 e. The monoisotopic (exact) mass is 239 g/mol. The molecule has 0 spiro atoms. The van der Waals surface area contributed by atoms with Crippen LogP contribution in [0, 0.1) is 6.92 Å². The third-order valence-corrected chi connectivity index (χ3v) is 3.37. The van der Waals surface area contributed by atoms with E-state index in [-0.39, 0.29) is 6.04 Å². The average Bonchev–Trinajstić information content (AvgIpc) is 2.39. The van der Waals surface area contributed by atoms with Crippen LogP contribution in [-0.4, -0.2) is 11.0 Å². The zero-order valence-corrected chi connectivity index (χ0v) is 10.6. The van der Waals surface area contributed by atoms with Crippen LogP contribution in [-0.2, 0) is 0 Å². The summed E-state index contributed by atoms with van der Waals surface area (Å²) < 4.78 is 0. The maximum absolute atomic E-state index is 4.52. The molecule has 2 aromatic rings. The molecule has 1 aliphatic heterocycles. The molecule has 1 aromatic carbocycles. The normalized spacial score (nSPS) is 21.7. The summed E-state index contributed by atoms with van der Waals surface area (Å²) in [7, 11) is 0. The maximum atomic E-state index is 4.52. The van der Waals surface area contributed by atoms with Gasteiger partial charge in [-0.25, -0.2) is 4.98 Å². The van der Waals surface area contributed by atoms with E-state index in [1.54, 1.807) is 0 Å². The Hall–Kier alpha value is -2.03. The molecule has 0 bridgehead atoms. The highest BCUT2D eigenvalue weighted by molar-refractivity contribution is 5.68. The number of hydrogen-bond donors (Lipinski definition) is 2. The molecule has 0 saturated heterocycles. The van der Waals surface area contributed by atoms with E-state index in [1.807, 2.05) is 19.1 Å². The minimum atomic E-state index is 0.281. The van der Waals surface area contributed by atoms with Crippen molar-refractivity contribution < 1.29 is 0 Å². The van der Waals surface area contributed by atoms with Crippen molar-refractivity contribution in [2.24, 2.45) is 0 Å². The highest BCUT2D eigenvalue weighted by atomic mass is 15.1. The summed E-state index contributed by atoms with van der Waals surface area (Å²) in [6, 6.07) is 15.2. The van der Waals surface area contributed by atoms with E-state index in [9.17, 15) is 0 Å². The number of benzene rings is 1. The van der Waals surface area contributed by atoms with E-state index in [0.717, 1.165) is 17.2 Å². The number of nitrogens with zero attached hydrogens (tertiary/aromatic N) is 1. The van der Waals surface area contributed by atoms with Crippen LogP contribution in [0.5, 0.6) is 0 Å². The summed E-state index contributed by atoms with van der Waals surface area (Å²) in [5.41, 5.74) is 3.41. The lowest BCUT2D eigenvalue weighted by Gasteiger charge is -2.33. The molecule has 0 radical (unpaired) electrons. The number of nitrogens with one attached hydrogen (secondary N) is 2. The first-order valence-corrected chi connectivity index (χ1v) is 6.30. The van der Waals surface area contributed by atoms with Gasteiger partial charge in [-0.1, -0.05) is 30.3 Å². The molecule has 3 rings (SSSR count). The molecular formula is C15H17N3. The van der Waals surface area contributed by atoms with Crippen molar-refractivity contribution in [3.63, 3.8) is 0 Å². The summed E-state index contributed by atoms with van der Waals surface area (Å²) in [6.45, 7) is 4.19. The number of pyridine rings is 1. The molecule has 0 saturated carbocycles. The maximum Gasteiger partial charge on any atom is 0.149 e. The van der Waals surface area contributed by atoms with Crippen molar-refractivity contribution in [1.82, 2.24) is 4.98 Å². The van der Waals surface area contributed by atoms with Gasteiger partial charge in [0.15, 0.2) is 0 Å². The molecule has 3 nitrogen and oxygen atoms in total. The van der Waals surface area contributed by atoms with Gasteiger partial charge >= 0.3 is 0 Å². The fraction of sp³-hybridized carbons (Fsp3) is 0.267. The van der Waals surface area contributed by atoms with Crippen LogP contribution in [0.4, 0.5) is 11.5 Å². The first-order chi connectivity index (χ1) is 8.74. The van der Waals surface area contributed by atoms with Crippen LogP contribution in [0.3, 0.4) is 0 Å². The minimum Gasteiger partial charge on any atom is -0.373 e. The highest BCUT2D eigenvalue weighted by Crippen LogP contribution is 2.33. The fourth-order valence-corrected chi connectivity index (χ4v) is 2.41. The highest BCUT2D eigenvalue weighted by Gasteiger charge is 2.25. The molecule has 0 amide bonds. The van der Waals surface area contributed by atoms with Crippen molar-refractivity contribution in [3.8, 4) is 0 Å². The summed E-state index contributed by atoms with van der Waals surface area (Å²) >= 11 is 0. The molecule has 3 heteroatoms. The average molecular weight is 239 g/mol. The first kappa shape index (κ1) is 11.1. The van der Waals surface area contributed by atoms with Gasteiger partial charge in [-0.2, -0.15) is 0 Å². The Bertz CT molecular complexity index is 551. The van der Waals surface area contributed by atoms with Gasteiger partial charge in [0.1, 0.15) is 5.82 Å². The van der Waals surface area contributed by atoms with Crippen molar-refractivity contribution >= 4 is 11.5 Å². The van der Waals surface area contributed by atoms with E-state index in [2.05, 4.69) is 52.9 Å². The lowest BCUT2D eigenvalue weighted by atomic mass is 9.98. The Labute approximate surface area is 107 Å². The zero-order valence-electron chi connectivity index (χ0n) is 10.6. The van der Waals surface area contributed by atoms with Gasteiger partial charge in [-0.15, -0.1) is 0 Å². The molecule has 0 fully saturated rings. The Kier molecular flexibility index (Phi) is 2.67. The standard InChI is InChI=1S/C15H17N3/c1-10-8-9-13-15(16-10)17-11(2)14(18-13)12-6-4-3-5-7-12/h3-9,11,14,18H,1-2H3,(H,16,17). The van der Waals surface area contributed by atoms with Gasteiger partial charge < -0.3 is 10.6 Å². The number of anilines is 2. The van der Waals surface area contributed by atoms with Gasteiger partial charge in [-0.3, -0.25) is 0 Å². The second-order valence-corrected chi connectivity index (χ2v) is 4.81. The number of fused-ring (bicyclic) bond motifs is 1. The SMILES string of the molecule is Cc1ccc2c(n1)NC(C)C(c1ccccc1)N2. The Morgan fingerprint density at radius 2 is 1.78 bits per heavy atom. The predicted molar refractivity (Wildman–Crippen MR) is 74.9 cm³/mol. The Balaban J connectivity index is 1.95. The molecule has 1 aromatic heterocycles. The van der Waals surface area contributed by atoms with Crippen LogP contribution in [0.15, 0.2) is 42.5 Å². The van der Waals surface area contributed by atoms with Crippen LogP contribution in [0.25, 0.3) is 0 Å². The van der Waals surface area contributed by atoms with Crippen molar-refractivity contribution in [3.05, 3.63) is 53.7 Å². The topological polar surface area (TPSA) is 37.0 Å². The molecule has 18 heavy (non-hydrogen) atoms. The van der Waals surface area contributed by atoms with Gasteiger partial charge in [-0.05, 0) is 31.5 Å². The summed E-state index contributed by atoms with van der Waals surface area (Å²) in [5, 5.41) is 7.04. The van der Waals surface area contributed by atoms with Crippen molar-refractivity contribution in [2.75, 3.05) is 10.6 Å². The molecular weight excluding hydrogens is 222 g/mol. The van der Waals surface area contributed by atoms with E-state index in [1.165, 1.54) is 5.56 Å². The third kappa shape index (κ3) is 1.92. The van der Waals surface area contributed by atoms with Crippen LogP contribution in [0.1, 0.15) is 24.2 Å². The third-order valence-electron chi connectivity index (χ3n) is 3.37. The van der Waals surface area contributed by atoms with Crippen molar-refractivity contribution in [1.29, 1.82) is 0 Å². The summed E-state index contributed by atoms with van der Waals surface area (Å²) in [4.78, 5) is 4.52. The molecule has 1 aliphatic rings. The lowest BCUT2D eigenvalue weighted by Crippen LogP contribution is -2.34. The van der Waals surface area contributed by atoms with Crippen LogP contribution in [0.2, 0.25) is 0 Å². The van der Waals surface area contributed by atoms with Gasteiger partial charge in [0.2, 0.25) is 0 Å². The summed E-state index contributed by atoms with van der Waals surface area (Å²) in [6.07, 6.45) is 0. The van der Waals surface area contributed by atoms with E-state index < -0.39 is 0 Å². The molecule has 2 atom stereocenters. The number of aryl methyl sites for hydroxylation is 1. The Morgan fingerprint density at radius 1 is 1.00 bits per heavy atom. The lowest BCUT2D eigenvalue weighted by molar-refractivity contribution is 0.645. The van der Waals surface area contributed by atoms with E-state index >= 15 is 0 Å².